The molecule has 0 amide bonds. The van der Waals surface area contributed by atoms with Gasteiger partial charge in [0.15, 0.2) is 0 Å². The molecule has 2 heterocycles. The van der Waals surface area contributed by atoms with Gasteiger partial charge in [-0.2, -0.15) is 5.10 Å². The van der Waals surface area contributed by atoms with Crippen molar-refractivity contribution in [3.8, 4) is 5.69 Å². The van der Waals surface area contributed by atoms with Crippen molar-refractivity contribution in [2.75, 3.05) is 0 Å². The number of rotatable bonds is 2. The Balaban J connectivity index is 2.46. The number of carbonyl (C=O) groups is 1. The highest BCUT2D eigenvalue weighted by Crippen LogP contribution is 2.17. The second kappa shape index (κ2) is 3.70. The largest absolute Gasteiger partial charge is 0.478 e. The summed E-state index contributed by atoms with van der Waals surface area (Å²) >= 11 is 5.88. The van der Waals surface area contributed by atoms with Crippen LogP contribution in [0.4, 0.5) is 0 Å². The average Bonchev–Trinajstić information content (AvgIpc) is 2.67. The normalized spacial score (nSPS) is 10.2. The maximum Gasteiger partial charge on any atom is 0.338 e. The van der Waals surface area contributed by atoms with Crippen LogP contribution in [0.15, 0.2) is 30.9 Å². The van der Waals surface area contributed by atoms with Crippen molar-refractivity contribution in [1.29, 1.82) is 0 Å². The number of hydrogen-bond donors (Lipinski definition) is 1. The number of carboxylic acid groups (broad SMARTS) is 1. The summed E-state index contributed by atoms with van der Waals surface area (Å²) in [6.45, 7) is 0. The fourth-order valence-corrected chi connectivity index (χ4v) is 1.32. The summed E-state index contributed by atoms with van der Waals surface area (Å²) in [5, 5.41) is 13.0. The van der Waals surface area contributed by atoms with E-state index in [2.05, 4.69) is 10.1 Å². The molecule has 0 aliphatic heterocycles. The average molecular weight is 224 g/mol. The molecule has 0 saturated carbocycles. The molecular weight excluding hydrogens is 218 g/mol. The molecule has 0 spiro atoms. The lowest BCUT2D eigenvalue weighted by molar-refractivity contribution is 0.0697. The summed E-state index contributed by atoms with van der Waals surface area (Å²) in [7, 11) is 0. The summed E-state index contributed by atoms with van der Waals surface area (Å²) in [5.74, 6) is -1.02. The number of hydrogen-bond acceptors (Lipinski definition) is 3. The van der Waals surface area contributed by atoms with Crippen molar-refractivity contribution in [3.63, 3.8) is 0 Å². The monoisotopic (exact) mass is 223 g/mol. The molecule has 76 valence electrons. The van der Waals surface area contributed by atoms with E-state index in [4.69, 9.17) is 16.7 Å². The molecule has 5 nitrogen and oxygen atoms in total. The van der Waals surface area contributed by atoms with Crippen molar-refractivity contribution in [1.82, 2.24) is 14.8 Å². The number of pyridine rings is 1. The van der Waals surface area contributed by atoms with E-state index in [1.165, 1.54) is 23.3 Å². The van der Waals surface area contributed by atoms with E-state index in [1.54, 1.807) is 12.3 Å². The van der Waals surface area contributed by atoms with Gasteiger partial charge in [-0.05, 0) is 6.07 Å². The lowest BCUT2D eigenvalue weighted by atomic mass is 10.4. The Labute approximate surface area is 89.9 Å². The first-order chi connectivity index (χ1) is 7.18. The summed E-state index contributed by atoms with van der Waals surface area (Å²) in [6, 6.07) is 1.65. The van der Waals surface area contributed by atoms with Crippen LogP contribution in [-0.2, 0) is 0 Å². The first-order valence-corrected chi connectivity index (χ1v) is 4.44. The van der Waals surface area contributed by atoms with Gasteiger partial charge in [0.25, 0.3) is 0 Å². The third-order valence-corrected chi connectivity index (χ3v) is 2.12. The molecule has 0 aliphatic rings. The lowest BCUT2D eigenvalue weighted by Gasteiger charge is -2.01. The van der Waals surface area contributed by atoms with Gasteiger partial charge in [0, 0.05) is 18.6 Å². The molecule has 0 saturated heterocycles. The first-order valence-electron chi connectivity index (χ1n) is 4.06. The van der Waals surface area contributed by atoms with Gasteiger partial charge in [0.1, 0.15) is 0 Å². The minimum atomic E-state index is -1.02. The first kappa shape index (κ1) is 9.67. The van der Waals surface area contributed by atoms with Crippen molar-refractivity contribution in [2.24, 2.45) is 0 Å². The van der Waals surface area contributed by atoms with E-state index in [1.807, 2.05) is 0 Å². The molecule has 1 N–H and O–H groups in total. The molecule has 0 aliphatic carbocycles. The number of nitrogens with zero attached hydrogens (tertiary/aromatic N) is 3. The Hall–Kier alpha value is -1.88. The van der Waals surface area contributed by atoms with Crippen LogP contribution in [0.2, 0.25) is 5.02 Å². The van der Waals surface area contributed by atoms with E-state index in [-0.39, 0.29) is 5.56 Å². The number of aromatic carboxylic acids is 1. The predicted octanol–water partition coefficient (Wildman–Crippen LogP) is 1.62. The van der Waals surface area contributed by atoms with Crippen molar-refractivity contribution < 1.29 is 9.90 Å². The van der Waals surface area contributed by atoms with Gasteiger partial charge in [-0.15, -0.1) is 0 Å². The maximum atomic E-state index is 10.6. The highest BCUT2D eigenvalue weighted by atomic mass is 35.5. The molecule has 6 heteroatoms. The SMILES string of the molecule is O=C(O)c1cnn(-c2ccncc2Cl)c1. The zero-order valence-electron chi connectivity index (χ0n) is 7.46. The highest BCUT2D eigenvalue weighted by Gasteiger charge is 2.08. The fraction of sp³-hybridized carbons (Fsp3) is 0. The maximum absolute atomic E-state index is 10.6. The van der Waals surface area contributed by atoms with Crippen LogP contribution >= 0.6 is 11.6 Å². The van der Waals surface area contributed by atoms with E-state index in [0.717, 1.165) is 0 Å². The summed E-state index contributed by atoms with van der Waals surface area (Å²) in [6.07, 6.45) is 5.69. The van der Waals surface area contributed by atoms with Crippen LogP contribution in [0.5, 0.6) is 0 Å². The molecule has 2 aromatic rings. The Morgan fingerprint density at radius 2 is 2.27 bits per heavy atom. The molecule has 2 rings (SSSR count). The predicted molar refractivity (Wildman–Crippen MR) is 53.3 cm³/mol. The summed E-state index contributed by atoms with van der Waals surface area (Å²) in [4.78, 5) is 14.5. The number of carboxylic acids is 1. The standard InChI is InChI=1S/C9H6ClN3O2/c10-7-4-11-2-1-8(7)13-5-6(3-12-13)9(14)15/h1-5H,(H,14,15). The molecule has 0 atom stereocenters. The Kier molecular flexibility index (Phi) is 2.39. The van der Waals surface area contributed by atoms with Crippen molar-refractivity contribution in [2.45, 2.75) is 0 Å². The van der Waals surface area contributed by atoms with Crippen LogP contribution in [-0.4, -0.2) is 25.8 Å². The third-order valence-electron chi connectivity index (χ3n) is 1.83. The molecule has 0 unspecified atom stereocenters. The molecular formula is C9H6ClN3O2. The second-order valence-electron chi connectivity index (χ2n) is 2.81. The summed E-state index contributed by atoms with van der Waals surface area (Å²) in [5.41, 5.74) is 0.710. The molecule has 15 heavy (non-hydrogen) atoms. The molecule has 0 aromatic carbocycles. The van der Waals surface area contributed by atoms with Gasteiger partial charge in [-0.25, -0.2) is 9.48 Å². The van der Waals surface area contributed by atoms with Crippen LogP contribution in [0.25, 0.3) is 5.69 Å². The van der Waals surface area contributed by atoms with Crippen molar-refractivity contribution >= 4 is 17.6 Å². The van der Waals surface area contributed by atoms with Gasteiger partial charge < -0.3 is 5.11 Å². The second-order valence-corrected chi connectivity index (χ2v) is 3.21. The molecule has 0 bridgehead atoms. The topological polar surface area (TPSA) is 68.0 Å². The summed E-state index contributed by atoms with van der Waals surface area (Å²) < 4.78 is 1.40. The van der Waals surface area contributed by atoms with E-state index in [0.29, 0.717) is 10.7 Å². The molecule has 2 aromatic heterocycles. The fourth-order valence-electron chi connectivity index (χ4n) is 1.12. The van der Waals surface area contributed by atoms with Crippen LogP contribution < -0.4 is 0 Å². The van der Waals surface area contributed by atoms with Gasteiger partial charge >= 0.3 is 5.97 Å². The number of aromatic nitrogens is 3. The Morgan fingerprint density at radius 3 is 2.87 bits per heavy atom. The smallest absolute Gasteiger partial charge is 0.338 e. The van der Waals surface area contributed by atoms with Gasteiger partial charge in [-0.1, -0.05) is 11.6 Å². The highest BCUT2D eigenvalue weighted by molar-refractivity contribution is 6.32. The van der Waals surface area contributed by atoms with Gasteiger partial charge in [0.05, 0.1) is 22.5 Å². The van der Waals surface area contributed by atoms with Crippen LogP contribution in [0.3, 0.4) is 0 Å². The Bertz CT molecular complexity index is 510. The molecule has 0 radical (unpaired) electrons. The van der Waals surface area contributed by atoms with E-state index in [9.17, 15) is 4.79 Å². The minimum Gasteiger partial charge on any atom is -0.478 e. The van der Waals surface area contributed by atoms with Gasteiger partial charge in [-0.3, -0.25) is 4.98 Å². The van der Waals surface area contributed by atoms with Crippen LogP contribution in [0, 0.1) is 0 Å². The zero-order valence-corrected chi connectivity index (χ0v) is 8.22. The number of halogens is 1. The van der Waals surface area contributed by atoms with Crippen molar-refractivity contribution in [3.05, 3.63) is 41.4 Å². The van der Waals surface area contributed by atoms with E-state index >= 15 is 0 Å². The minimum absolute atomic E-state index is 0.114. The Morgan fingerprint density at radius 1 is 1.47 bits per heavy atom. The third kappa shape index (κ3) is 1.82. The zero-order chi connectivity index (χ0) is 10.8. The lowest BCUT2D eigenvalue weighted by Crippen LogP contribution is -1.96. The van der Waals surface area contributed by atoms with E-state index < -0.39 is 5.97 Å². The van der Waals surface area contributed by atoms with Gasteiger partial charge in [0.2, 0.25) is 0 Å². The quantitative estimate of drug-likeness (QED) is 0.840. The van der Waals surface area contributed by atoms with Crippen LogP contribution in [0.1, 0.15) is 10.4 Å². The molecule has 0 fully saturated rings.